The molecule has 0 amide bonds. The molecule has 8 nitrogen and oxygen atoms in total. The molecule has 1 aliphatic rings. The van der Waals surface area contributed by atoms with Crippen molar-refractivity contribution in [1.29, 1.82) is 0 Å². The number of aromatic nitrogens is 1. The van der Waals surface area contributed by atoms with Crippen molar-refractivity contribution < 1.29 is 18.1 Å². The maximum absolute atomic E-state index is 13.6. The van der Waals surface area contributed by atoms with Crippen molar-refractivity contribution in [2.75, 3.05) is 13.1 Å². The van der Waals surface area contributed by atoms with E-state index in [1.165, 1.54) is 48.0 Å². The Morgan fingerprint density at radius 2 is 1.61 bits per heavy atom. The molecule has 3 aromatic carbocycles. The monoisotopic (exact) mass is 529 g/mol. The van der Waals surface area contributed by atoms with Gasteiger partial charge in [0, 0.05) is 24.1 Å². The Labute approximate surface area is 221 Å². The lowest BCUT2D eigenvalue weighted by Crippen LogP contribution is -2.32. The molecule has 0 unspecified atom stereocenters. The lowest BCUT2D eigenvalue weighted by molar-refractivity contribution is -0.384. The topological polar surface area (TPSA) is 103 Å². The maximum Gasteiger partial charge on any atom is 0.270 e. The Kier molecular flexibility index (Phi) is 7.22. The Bertz CT molecular complexity index is 1600. The van der Waals surface area contributed by atoms with E-state index in [9.17, 15) is 23.3 Å². The molecule has 0 saturated carbocycles. The van der Waals surface area contributed by atoms with Crippen LogP contribution in [-0.2, 0) is 16.6 Å². The highest BCUT2D eigenvalue weighted by Crippen LogP contribution is 2.29. The second kappa shape index (κ2) is 10.7. The van der Waals surface area contributed by atoms with E-state index in [0.717, 1.165) is 36.4 Å². The number of nitrogens with zero attached hydrogens (tertiary/aromatic N) is 3. The number of benzene rings is 3. The Balaban J connectivity index is 1.40. The van der Waals surface area contributed by atoms with Gasteiger partial charge in [0.2, 0.25) is 5.78 Å². The summed E-state index contributed by atoms with van der Waals surface area (Å²) in [6.45, 7) is 2.70. The van der Waals surface area contributed by atoms with Gasteiger partial charge in [-0.25, -0.2) is 12.4 Å². The first-order valence-corrected chi connectivity index (χ1v) is 13.9. The highest BCUT2D eigenvalue weighted by atomic mass is 32.2. The molecule has 1 saturated heterocycles. The lowest BCUT2D eigenvalue weighted by atomic mass is 9.95. The fourth-order valence-corrected chi connectivity index (χ4v) is 6.41. The van der Waals surface area contributed by atoms with Gasteiger partial charge in [0.1, 0.15) is 5.69 Å². The van der Waals surface area contributed by atoms with Gasteiger partial charge in [0.05, 0.1) is 15.3 Å². The molecule has 0 aliphatic carbocycles. The molecule has 9 heteroatoms. The van der Waals surface area contributed by atoms with E-state index in [2.05, 4.69) is 17.0 Å². The number of allylic oxidation sites excluding steroid dienone is 2. The summed E-state index contributed by atoms with van der Waals surface area (Å²) < 4.78 is 28.2. The molecule has 0 N–H and O–H groups in total. The molecule has 194 valence electrons. The van der Waals surface area contributed by atoms with Crippen LogP contribution in [0.2, 0.25) is 0 Å². The molecule has 0 radical (unpaired) electrons. The van der Waals surface area contributed by atoms with E-state index < -0.39 is 20.7 Å². The molecule has 2 heterocycles. The van der Waals surface area contributed by atoms with Crippen LogP contribution >= 0.6 is 0 Å². The molecule has 1 aliphatic heterocycles. The quantitative estimate of drug-likeness (QED) is 0.130. The fraction of sp³-hybridized carbons (Fsp3) is 0.207. The summed E-state index contributed by atoms with van der Waals surface area (Å²) in [6.07, 6.45) is 5.10. The number of likely N-dealkylation sites (tertiary alicyclic amines) is 1. The van der Waals surface area contributed by atoms with E-state index in [-0.39, 0.29) is 27.7 Å². The molecular formula is C29H27N3O5S. The third-order valence-corrected chi connectivity index (χ3v) is 8.63. The molecule has 38 heavy (non-hydrogen) atoms. The van der Waals surface area contributed by atoms with E-state index >= 15 is 0 Å². The van der Waals surface area contributed by atoms with Crippen molar-refractivity contribution in [2.45, 2.75) is 24.3 Å². The number of nitro benzene ring substituents is 1. The first-order chi connectivity index (χ1) is 18.3. The van der Waals surface area contributed by atoms with Crippen LogP contribution in [0.1, 0.15) is 28.9 Å². The van der Waals surface area contributed by atoms with Crippen LogP contribution in [0.15, 0.2) is 102 Å². The summed E-state index contributed by atoms with van der Waals surface area (Å²) in [5.74, 6) is -0.259. The van der Waals surface area contributed by atoms with Gasteiger partial charge in [0.25, 0.3) is 15.7 Å². The van der Waals surface area contributed by atoms with E-state index in [1.807, 2.05) is 24.3 Å². The van der Waals surface area contributed by atoms with Gasteiger partial charge in [-0.15, -0.1) is 0 Å². The first kappa shape index (κ1) is 25.6. The summed E-state index contributed by atoms with van der Waals surface area (Å²) in [7, 11) is -4.13. The number of hydrogen-bond acceptors (Lipinski definition) is 6. The fourth-order valence-electron chi connectivity index (χ4n) is 4.87. The van der Waals surface area contributed by atoms with Crippen molar-refractivity contribution in [3.8, 4) is 0 Å². The predicted molar refractivity (Wildman–Crippen MR) is 146 cm³/mol. The zero-order chi connectivity index (χ0) is 26.7. The molecule has 0 spiro atoms. The molecule has 1 fully saturated rings. The zero-order valence-corrected chi connectivity index (χ0v) is 21.5. The molecule has 0 atom stereocenters. The number of fused-ring (bicyclic) bond motifs is 1. The van der Waals surface area contributed by atoms with Crippen LogP contribution in [0.5, 0.6) is 0 Å². The minimum Gasteiger partial charge on any atom is -0.299 e. The average Bonchev–Trinajstić information content (AvgIpc) is 3.33. The van der Waals surface area contributed by atoms with Gasteiger partial charge < -0.3 is 0 Å². The van der Waals surface area contributed by atoms with Crippen molar-refractivity contribution >= 4 is 32.4 Å². The maximum atomic E-state index is 13.6. The SMILES string of the molecule is O=C(/C=C/C1CCN(Cc2ccccc2)CC1)c1cc2cc([N+](=O)[O-])ccc2n1S(=O)(=O)c1ccccc1. The Hall–Kier alpha value is -4.08. The third kappa shape index (κ3) is 5.29. The molecular weight excluding hydrogens is 502 g/mol. The summed E-state index contributed by atoms with van der Waals surface area (Å²) in [5.41, 5.74) is 1.25. The van der Waals surface area contributed by atoms with E-state index in [1.54, 1.807) is 18.2 Å². The van der Waals surface area contributed by atoms with Gasteiger partial charge in [0.15, 0.2) is 0 Å². The largest absolute Gasteiger partial charge is 0.299 e. The van der Waals surface area contributed by atoms with Gasteiger partial charge in [-0.05, 0) is 67.8 Å². The smallest absolute Gasteiger partial charge is 0.270 e. The Morgan fingerprint density at radius 1 is 0.947 bits per heavy atom. The standard InChI is InChI=1S/C29H27N3O5S/c33-29(14-11-22-15-17-30(18-16-22)21-23-7-3-1-4-8-23)28-20-24-19-25(32(34)35)12-13-27(24)31(28)38(36,37)26-9-5-2-6-10-26/h1-14,19-20,22H,15-18,21H2/b14-11+. The van der Waals surface area contributed by atoms with Crippen molar-refractivity contribution in [1.82, 2.24) is 8.87 Å². The molecule has 5 rings (SSSR count). The number of carbonyl (C=O) groups is 1. The minimum absolute atomic E-state index is 0.0275. The average molecular weight is 530 g/mol. The summed E-state index contributed by atoms with van der Waals surface area (Å²) in [4.78, 5) is 26.5. The summed E-state index contributed by atoms with van der Waals surface area (Å²) in [5, 5.41) is 11.6. The molecule has 1 aromatic heterocycles. The van der Waals surface area contributed by atoms with E-state index in [4.69, 9.17) is 0 Å². The zero-order valence-electron chi connectivity index (χ0n) is 20.6. The number of rotatable bonds is 8. The molecule has 4 aromatic rings. The van der Waals surface area contributed by atoms with Crippen LogP contribution in [0.4, 0.5) is 5.69 Å². The number of piperidine rings is 1. The second-order valence-electron chi connectivity index (χ2n) is 9.43. The predicted octanol–water partition coefficient (Wildman–Crippen LogP) is 5.44. The van der Waals surface area contributed by atoms with Crippen molar-refractivity contribution in [3.05, 3.63) is 118 Å². The number of hydrogen-bond donors (Lipinski definition) is 0. The van der Waals surface area contributed by atoms with Gasteiger partial charge >= 0.3 is 0 Å². The highest BCUT2D eigenvalue weighted by Gasteiger charge is 2.27. The van der Waals surface area contributed by atoms with Crippen molar-refractivity contribution in [3.63, 3.8) is 0 Å². The van der Waals surface area contributed by atoms with Crippen LogP contribution in [0.3, 0.4) is 0 Å². The van der Waals surface area contributed by atoms with Crippen molar-refractivity contribution in [2.24, 2.45) is 5.92 Å². The molecule has 0 bridgehead atoms. The summed E-state index contributed by atoms with van der Waals surface area (Å²) in [6, 6.07) is 23.4. The van der Waals surface area contributed by atoms with Gasteiger partial charge in [-0.2, -0.15) is 0 Å². The Morgan fingerprint density at radius 3 is 2.26 bits per heavy atom. The second-order valence-corrected chi connectivity index (χ2v) is 11.2. The van der Waals surface area contributed by atoms with E-state index in [0.29, 0.717) is 5.39 Å². The van der Waals surface area contributed by atoms with Crippen LogP contribution < -0.4 is 0 Å². The number of carbonyl (C=O) groups excluding carboxylic acids is 1. The normalized spacial score (nSPS) is 15.3. The van der Waals surface area contributed by atoms with Gasteiger partial charge in [-0.3, -0.25) is 19.8 Å². The number of non-ortho nitro benzene ring substituents is 1. The van der Waals surface area contributed by atoms with Crippen LogP contribution in [0, 0.1) is 16.0 Å². The highest BCUT2D eigenvalue weighted by molar-refractivity contribution is 7.90. The first-order valence-electron chi connectivity index (χ1n) is 12.4. The minimum atomic E-state index is -4.13. The van der Waals surface area contributed by atoms with Crippen LogP contribution in [-0.4, -0.2) is 41.1 Å². The lowest BCUT2D eigenvalue weighted by Gasteiger charge is -2.30. The number of ketones is 1. The van der Waals surface area contributed by atoms with Crippen LogP contribution in [0.25, 0.3) is 10.9 Å². The number of nitro groups is 1. The van der Waals surface area contributed by atoms with Gasteiger partial charge in [-0.1, -0.05) is 54.6 Å². The summed E-state index contributed by atoms with van der Waals surface area (Å²) >= 11 is 0. The third-order valence-electron chi connectivity index (χ3n) is 6.89.